The predicted octanol–water partition coefficient (Wildman–Crippen LogP) is 5.48. The van der Waals surface area contributed by atoms with E-state index in [4.69, 9.17) is 4.74 Å². The molecular formula is C30H25F4N4O5P. The van der Waals surface area contributed by atoms with Crippen LogP contribution in [0.15, 0.2) is 66.7 Å². The third-order valence-electron chi connectivity index (χ3n) is 7.40. The number of ether oxygens (including phenoxy) is 2. The molecule has 4 aromatic rings. The van der Waals surface area contributed by atoms with Crippen LogP contribution in [0, 0.1) is 5.82 Å². The third kappa shape index (κ3) is 6.10. The number of halogens is 4. The van der Waals surface area contributed by atoms with Crippen molar-refractivity contribution in [3.05, 3.63) is 83.8 Å². The summed E-state index contributed by atoms with van der Waals surface area (Å²) in [6.45, 7) is 1.42. The van der Waals surface area contributed by atoms with E-state index in [0.29, 0.717) is 38.3 Å². The second-order valence-corrected chi connectivity index (χ2v) is 12.1. The molecule has 9 nitrogen and oxygen atoms in total. The second-order valence-electron chi connectivity index (χ2n) is 10.4. The number of aromatic nitrogens is 2. The predicted molar refractivity (Wildman–Crippen MR) is 153 cm³/mol. The molecule has 0 spiro atoms. The number of nitrogens with one attached hydrogen (secondary N) is 1. The van der Waals surface area contributed by atoms with Gasteiger partial charge in [-0.3, -0.25) is 19.1 Å². The van der Waals surface area contributed by atoms with E-state index in [-0.39, 0.29) is 29.5 Å². The van der Waals surface area contributed by atoms with Gasteiger partial charge in [0.05, 0.1) is 17.0 Å². The zero-order valence-electron chi connectivity index (χ0n) is 23.1. The third-order valence-corrected chi connectivity index (χ3v) is 9.01. The van der Waals surface area contributed by atoms with Gasteiger partial charge in [0.25, 0.3) is 0 Å². The molecule has 0 aliphatic carbocycles. The number of hydrogen-bond acceptors (Lipinski definition) is 6. The van der Waals surface area contributed by atoms with Gasteiger partial charge in [-0.25, -0.2) is 4.39 Å². The Bertz CT molecular complexity index is 1760. The Balaban J connectivity index is 1.19. The maximum absolute atomic E-state index is 14.7. The summed E-state index contributed by atoms with van der Waals surface area (Å²) in [7, 11) is 0.429. The van der Waals surface area contributed by atoms with Crippen molar-refractivity contribution in [3.63, 3.8) is 0 Å². The van der Waals surface area contributed by atoms with Crippen LogP contribution in [0.4, 0.5) is 23.2 Å². The van der Waals surface area contributed by atoms with Crippen LogP contribution in [0.2, 0.25) is 0 Å². The van der Waals surface area contributed by atoms with Gasteiger partial charge in [-0.1, -0.05) is 45.0 Å². The molecular weight excluding hydrogens is 603 g/mol. The van der Waals surface area contributed by atoms with Gasteiger partial charge in [-0.05, 0) is 42.3 Å². The average Bonchev–Trinajstić information content (AvgIpc) is 3.49. The van der Waals surface area contributed by atoms with Crippen molar-refractivity contribution in [3.8, 4) is 11.5 Å². The molecule has 3 heterocycles. The highest BCUT2D eigenvalue weighted by Gasteiger charge is 2.56. The number of amides is 2. The summed E-state index contributed by atoms with van der Waals surface area (Å²) in [5, 5.41) is 7.22. The van der Waals surface area contributed by atoms with Crippen molar-refractivity contribution in [1.82, 2.24) is 14.7 Å². The molecule has 3 aromatic carbocycles. The molecule has 14 heteroatoms. The van der Waals surface area contributed by atoms with Crippen LogP contribution < -0.4 is 14.8 Å². The lowest BCUT2D eigenvalue weighted by atomic mass is 10.1. The molecule has 0 radical (unpaired) electrons. The normalized spacial score (nSPS) is 19.6. The molecule has 2 aliphatic heterocycles. The molecule has 228 valence electrons. The first kappa shape index (κ1) is 29.6. The fourth-order valence-corrected chi connectivity index (χ4v) is 6.82. The molecule has 44 heavy (non-hydrogen) atoms. The lowest BCUT2D eigenvalue weighted by Crippen LogP contribution is -2.46. The van der Waals surface area contributed by atoms with Crippen LogP contribution in [-0.4, -0.2) is 56.1 Å². The first-order valence-corrected chi connectivity index (χ1v) is 14.7. The van der Waals surface area contributed by atoms with Crippen LogP contribution in [0.3, 0.4) is 0 Å². The highest BCUT2D eigenvalue weighted by Crippen LogP contribution is 2.59. The van der Waals surface area contributed by atoms with Gasteiger partial charge in [0.1, 0.15) is 30.6 Å². The first-order chi connectivity index (χ1) is 21.0. The van der Waals surface area contributed by atoms with Crippen LogP contribution in [0.25, 0.3) is 10.9 Å². The van der Waals surface area contributed by atoms with Gasteiger partial charge < -0.3 is 19.7 Å². The number of alkyl halides is 3. The molecule has 4 atom stereocenters. The zero-order chi connectivity index (χ0) is 31.2. The highest BCUT2D eigenvalue weighted by molar-refractivity contribution is 7.49. The number of carbonyl (C=O) groups excluding carboxylic acids is 3. The summed E-state index contributed by atoms with van der Waals surface area (Å²) in [6, 6.07) is 16.7. The van der Waals surface area contributed by atoms with Crippen LogP contribution in [-0.2, 0) is 22.7 Å². The van der Waals surface area contributed by atoms with Gasteiger partial charge >= 0.3 is 6.36 Å². The van der Waals surface area contributed by atoms with E-state index in [2.05, 4.69) is 15.2 Å². The van der Waals surface area contributed by atoms with Crippen molar-refractivity contribution in [2.75, 3.05) is 5.32 Å². The van der Waals surface area contributed by atoms with Crippen LogP contribution in [0.5, 0.6) is 11.5 Å². The van der Waals surface area contributed by atoms with E-state index >= 15 is 0 Å². The molecule has 2 saturated heterocycles. The summed E-state index contributed by atoms with van der Waals surface area (Å²) in [6.07, 6.45) is -4.78. The summed E-state index contributed by atoms with van der Waals surface area (Å²) < 4.78 is 63.6. The average molecular weight is 629 g/mol. The smallest absolute Gasteiger partial charge is 0.489 e. The highest BCUT2D eigenvalue weighted by atomic mass is 31.1. The Hall–Kier alpha value is -4.51. The van der Waals surface area contributed by atoms with Crippen molar-refractivity contribution in [1.29, 1.82) is 0 Å². The largest absolute Gasteiger partial charge is 0.573 e. The molecule has 2 unspecified atom stereocenters. The van der Waals surface area contributed by atoms with Crippen LogP contribution >= 0.6 is 8.58 Å². The molecule has 2 fully saturated rings. The molecule has 6 rings (SSSR count). The van der Waals surface area contributed by atoms with Crippen molar-refractivity contribution in [2.24, 2.45) is 0 Å². The molecule has 0 saturated carbocycles. The van der Waals surface area contributed by atoms with Crippen molar-refractivity contribution < 1.29 is 41.4 Å². The maximum atomic E-state index is 14.7. The monoisotopic (exact) mass is 628 g/mol. The Morgan fingerprint density at radius 1 is 1.07 bits per heavy atom. The number of nitrogens with zero attached hydrogens (tertiary/aromatic N) is 3. The van der Waals surface area contributed by atoms with E-state index in [1.165, 1.54) is 16.5 Å². The van der Waals surface area contributed by atoms with Gasteiger partial charge in [-0.2, -0.15) is 5.10 Å². The van der Waals surface area contributed by atoms with Crippen molar-refractivity contribution >= 4 is 42.8 Å². The zero-order valence-corrected chi connectivity index (χ0v) is 24.1. The molecule has 0 bridgehead atoms. The summed E-state index contributed by atoms with van der Waals surface area (Å²) in [4.78, 5) is 40.7. The number of carbonyl (C=O) groups is 3. The van der Waals surface area contributed by atoms with E-state index in [9.17, 15) is 31.9 Å². The van der Waals surface area contributed by atoms with Gasteiger partial charge in [0, 0.05) is 18.0 Å². The second kappa shape index (κ2) is 11.5. The molecule has 2 amide bonds. The number of likely N-dealkylation sites (tertiary alicyclic amines) is 1. The van der Waals surface area contributed by atoms with E-state index in [0.717, 1.165) is 23.8 Å². The van der Waals surface area contributed by atoms with Gasteiger partial charge in [0.2, 0.25) is 11.8 Å². The minimum absolute atomic E-state index is 0.103. The molecule has 1 aromatic heterocycles. The van der Waals surface area contributed by atoms with E-state index in [1.54, 1.807) is 18.2 Å². The number of rotatable bonds is 9. The summed E-state index contributed by atoms with van der Waals surface area (Å²) in [5.41, 5.74) is 1.26. The van der Waals surface area contributed by atoms with E-state index in [1.807, 2.05) is 30.3 Å². The van der Waals surface area contributed by atoms with Gasteiger partial charge in [0.15, 0.2) is 17.3 Å². The Morgan fingerprint density at radius 2 is 1.84 bits per heavy atom. The number of anilines is 1. The number of hydrogen-bond donors (Lipinski definition) is 1. The lowest BCUT2D eigenvalue weighted by Gasteiger charge is -2.27. The van der Waals surface area contributed by atoms with E-state index < -0.39 is 41.5 Å². The quantitative estimate of drug-likeness (QED) is 0.150. The Morgan fingerprint density at radius 3 is 2.57 bits per heavy atom. The lowest BCUT2D eigenvalue weighted by molar-refractivity contribution is -0.275. The topological polar surface area (TPSA) is 103 Å². The SMILES string of the molecule is CC(=O)c1nn(CC(=O)N2[C@@H]3PC3C[C@H]2C(=O)Nc2cccc(OC(F)(F)F)c2F)c2ccc(OCc3ccccc3)cc12. The number of fused-ring (bicyclic) bond motifs is 2. The summed E-state index contributed by atoms with van der Waals surface area (Å²) in [5.74, 6) is -3.58. The minimum atomic E-state index is -5.12. The first-order valence-electron chi connectivity index (χ1n) is 13.6. The molecule has 1 N–H and O–H groups in total. The number of ketones is 1. The van der Waals surface area contributed by atoms with Crippen molar-refractivity contribution in [2.45, 2.75) is 50.3 Å². The number of Topliss-reactive ketones (excluding diaryl/α,β-unsaturated/α-hetero) is 1. The van der Waals surface area contributed by atoms with Crippen LogP contribution in [0.1, 0.15) is 29.4 Å². The summed E-state index contributed by atoms with van der Waals surface area (Å²) >= 11 is 0. The Labute approximate surface area is 249 Å². The standard InChI is InChI=1S/C30H25F4N4O5P/c1-16(39)27-19-12-18(42-15-17-6-3-2-4-7-17)10-11-21(19)37(36-27)14-25(40)38-22(13-24-29(38)44-24)28(41)35-20-8-5-9-23(26(20)31)43-30(32,33)34/h2-12,22,24,29,44H,13-15H2,1H3,(H,35,41)/t22-,24?,29+/m0/s1. The van der Waals surface area contributed by atoms with Gasteiger partial charge in [-0.15, -0.1) is 13.2 Å². The minimum Gasteiger partial charge on any atom is -0.489 e. The Kier molecular flexibility index (Phi) is 7.75. The fourth-order valence-electron chi connectivity index (χ4n) is 5.35. The maximum Gasteiger partial charge on any atom is 0.573 e. The number of benzene rings is 3. The molecule has 2 aliphatic rings. The fraction of sp³-hybridized carbons (Fsp3) is 0.267.